The summed E-state index contributed by atoms with van der Waals surface area (Å²) in [4.78, 5) is 33.2. The number of likely N-dealkylation sites (tertiary alicyclic amines) is 1. The number of benzene rings is 1. The number of hydrogen-bond donors (Lipinski definition) is 2. The average molecular weight is 546 g/mol. The summed E-state index contributed by atoms with van der Waals surface area (Å²) in [5, 5.41) is 27.3. The zero-order valence-corrected chi connectivity index (χ0v) is 23.3. The standard InChI is InChI=1S/C29H35N7O4/c1-18-11-19(15-30)13-22(12-18)35(28(39)40-29(2,3)4)25-14-24(32-21-9-6-10-34(17-21)27(37)38)33-26-23(16-31-36(25)26)20-7-5-8-20/h11-14,16,20-21H,5-10,17H2,1-4H3,(H,32,33)(H,37,38). The third kappa shape index (κ3) is 5.66. The smallest absolute Gasteiger partial charge is 0.420 e. The van der Waals surface area contributed by atoms with E-state index >= 15 is 0 Å². The molecule has 210 valence electrons. The van der Waals surface area contributed by atoms with Gasteiger partial charge >= 0.3 is 12.2 Å². The molecule has 2 N–H and O–H groups in total. The van der Waals surface area contributed by atoms with Crippen LogP contribution in [0.1, 0.15) is 75.5 Å². The minimum atomic E-state index is -0.942. The number of carboxylic acid groups (broad SMARTS) is 1. The molecule has 5 rings (SSSR count). The van der Waals surface area contributed by atoms with Gasteiger partial charge in [0.15, 0.2) is 5.65 Å². The normalized spacial score (nSPS) is 17.7. The Morgan fingerprint density at radius 3 is 2.60 bits per heavy atom. The molecule has 3 heterocycles. The molecule has 0 spiro atoms. The zero-order valence-electron chi connectivity index (χ0n) is 23.3. The Morgan fingerprint density at radius 1 is 1.18 bits per heavy atom. The number of nitriles is 1. The summed E-state index contributed by atoms with van der Waals surface area (Å²) in [6.45, 7) is 8.11. The molecule has 2 aliphatic rings. The number of carbonyl (C=O) groups excluding carboxylic acids is 1. The van der Waals surface area contributed by atoms with E-state index < -0.39 is 17.8 Å². The first-order valence-corrected chi connectivity index (χ1v) is 13.7. The molecule has 11 nitrogen and oxygen atoms in total. The second kappa shape index (κ2) is 10.7. The Labute approximate surface area is 233 Å². The third-order valence-corrected chi connectivity index (χ3v) is 7.32. The van der Waals surface area contributed by atoms with Gasteiger partial charge in [-0.25, -0.2) is 19.5 Å². The van der Waals surface area contributed by atoms with Crippen LogP contribution >= 0.6 is 0 Å². The van der Waals surface area contributed by atoms with Crippen LogP contribution < -0.4 is 10.2 Å². The molecule has 0 radical (unpaired) electrons. The number of aryl methyl sites for hydroxylation is 1. The largest absolute Gasteiger partial charge is 0.465 e. The topological polar surface area (TPSA) is 136 Å². The summed E-state index contributed by atoms with van der Waals surface area (Å²) >= 11 is 0. The first-order chi connectivity index (χ1) is 19.0. The summed E-state index contributed by atoms with van der Waals surface area (Å²) < 4.78 is 7.49. The Hall–Kier alpha value is -4.33. The van der Waals surface area contributed by atoms with Crippen LogP contribution in [0.25, 0.3) is 5.65 Å². The third-order valence-electron chi connectivity index (χ3n) is 7.32. The maximum absolute atomic E-state index is 13.8. The Kier molecular flexibility index (Phi) is 7.27. The molecule has 1 atom stereocenters. The van der Waals surface area contributed by atoms with E-state index in [9.17, 15) is 20.0 Å². The fraction of sp³-hybridized carbons (Fsp3) is 0.483. The van der Waals surface area contributed by atoms with E-state index in [1.54, 1.807) is 43.5 Å². The summed E-state index contributed by atoms with van der Waals surface area (Å²) in [6, 6.07) is 9.01. The first-order valence-electron chi connectivity index (χ1n) is 13.7. The number of nitrogens with one attached hydrogen (secondary N) is 1. The fourth-order valence-corrected chi connectivity index (χ4v) is 5.28. The zero-order chi connectivity index (χ0) is 28.6. The summed E-state index contributed by atoms with van der Waals surface area (Å²) in [5.74, 6) is 1.26. The number of piperidine rings is 1. The highest BCUT2D eigenvalue weighted by Crippen LogP contribution is 2.40. The van der Waals surface area contributed by atoms with Crippen LogP contribution in [0.3, 0.4) is 0 Å². The van der Waals surface area contributed by atoms with Gasteiger partial charge in [-0.2, -0.15) is 14.9 Å². The highest BCUT2D eigenvalue weighted by Gasteiger charge is 2.31. The van der Waals surface area contributed by atoms with E-state index in [0.717, 1.165) is 43.2 Å². The van der Waals surface area contributed by atoms with Gasteiger partial charge in [-0.05, 0) is 83.1 Å². The molecule has 0 bridgehead atoms. The number of carbonyl (C=O) groups is 2. The lowest BCUT2D eigenvalue weighted by atomic mass is 9.81. The first kappa shape index (κ1) is 27.2. The molecule has 11 heteroatoms. The van der Waals surface area contributed by atoms with Crippen LogP contribution in [0.2, 0.25) is 0 Å². The number of rotatable bonds is 5. The van der Waals surface area contributed by atoms with Crippen LogP contribution in [0.4, 0.5) is 26.9 Å². The molecular weight excluding hydrogens is 510 g/mol. The number of nitrogens with zero attached hydrogens (tertiary/aromatic N) is 6. The molecule has 1 unspecified atom stereocenters. The molecule has 1 aliphatic heterocycles. The molecule has 1 saturated heterocycles. The molecule has 2 fully saturated rings. The molecule has 1 aromatic carbocycles. The van der Waals surface area contributed by atoms with E-state index in [1.807, 2.05) is 19.2 Å². The maximum atomic E-state index is 13.8. The Morgan fingerprint density at radius 2 is 1.95 bits per heavy atom. The van der Waals surface area contributed by atoms with Gasteiger partial charge in [0.05, 0.1) is 23.5 Å². The maximum Gasteiger partial charge on any atom is 0.420 e. The highest BCUT2D eigenvalue weighted by atomic mass is 16.6. The minimum Gasteiger partial charge on any atom is -0.465 e. The quantitative estimate of drug-likeness (QED) is 0.410. The Balaban J connectivity index is 1.65. The monoisotopic (exact) mass is 545 g/mol. The van der Waals surface area contributed by atoms with Gasteiger partial charge in [0.25, 0.3) is 0 Å². The molecule has 3 aromatic rings. The lowest BCUT2D eigenvalue weighted by molar-refractivity contribution is 0.0597. The van der Waals surface area contributed by atoms with E-state index in [-0.39, 0.29) is 6.04 Å². The second-order valence-electron chi connectivity index (χ2n) is 11.7. The van der Waals surface area contributed by atoms with E-state index in [2.05, 4.69) is 16.5 Å². The second-order valence-corrected chi connectivity index (χ2v) is 11.7. The van der Waals surface area contributed by atoms with Crippen molar-refractivity contribution in [3.05, 3.63) is 47.2 Å². The number of fused-ring (bicyclic) bond motifs is 1. The summed E-state index contributed by atoms with van der Waals surface area (Å²) in [5.41, 5.74) is 2.58. The average Bonchev–Trinajstić information content (AvgIpc) is 3.25. The number of ether oxygens (including phenoxy) is 1. The van der Waals surface area contributed by atoms with Gasteiger partial charge in [0, 0.05) is 30.8 Å². The molecule has 1 aliphatic carbocycles. The van der Waals surface area contributed by atoms with Crippen molar-refractivity contribution in [2.24, 2.45) is 0 Å². The highest BCUT2D eigenvalue weighted by molar-refractivity contribution is 5.96. The van der Waals surface area contributed by atoms with Gasteiger partial charge < -0.3 is 20.1 Å². The van der Waals surface area contributed by atoms with Crippen LogP contribution in [0, 0.1) is 18.3 Å². The van der Waals surface area contributed by atoms with Crippen molar-refractivity contribution in [3.8, 4) is 6.07 Å². The van der Waals surface area contributed by atoms with Gasteiger partial charge in [-0.1, -0.05) is 6.42 Å². The van der Waals surface area contributed by atoms with Crippen LogP contribution in [0.15, 0.2) is 30.5 Å². The number of amides is 2. The van der Waals surface area contributed by atoms with Crippen LogP contribution in [-0.2, 0) is 4.74 Å². The van der Waals surface area contributed by atoms with E-state index in [4.69, 9.17) is 9.72 Å². The molecule has 1 saturated carbocycles. The van der Waals surface area contributed by atoms with Crippen LogP contribution in [0.5, 0.6) is 0 Å². The lowest BCUT2D eigenvalue weighted by Gasteiger charge is -2.32. The minimum absolute atomic E-state index is 0.137. The summed E-state index contributed by atoms with van der Waals surface area (Å²) in [7, 11) is 0. The van der Waals surface area contributed by atoms with Crippen molar-refractivity contribution in [1.82, 2.24) is 19.5 Å². The molecular formula is C29H35N7O4. The fourth-order valence-electron chi connectivity index (χ4n) is 5.28. The van der Waals surface area contributed by atoms with Crippen LogP contribution in [-0.4, -0.2) is 61.5 Å². The van der Waals surface area contributed by atoms with E-state index in [1.165, 1.54) is 9.80 Å². The number of aromatic nitrogens is 3. The molecule has 40 heavy (non-hydrogen) atoms. The van der Waals surface area contributed by atoms with Crippen molar-refractivity contribution >= 4 is 35.2 Å². The molecule has 2 aromatic heterocycles. The number of anilines is 3. The van der Waals surface area contributed by atoms with Crippen molar-refractivity contribution < 1.29 is 19.4 Å². The van der Waals surface area contributed by atoms with Crippen molar-refractivity contribution in [2.45, 2.75) is 77.4 Å². The summed E-state index contributed by atoms with van der Waals surface area (Å²) in [6.07, 6.45) is 5.03. The Bertz CT molecular complexity index is 1480. The molecule has 2 amide bonds. The van der Waals surface area contributed by atoms with Gasteiger partial charge in [0.2, 0.25) is 0 Å². The van der Waals surface area contributed by atoms with E-state index in [0.29, 0.717) is 47.5 Å². The van der Waals surface area contributed by atoms with Gasteiger partial charge in [-0.15, -0.1) is 0 Å². The van der Waals surface area contributed by atoms with Crippen molar-refractivity contribution in [1.29, 1.82) is 5.26 Å². The number of hydrogen-bond acceptors (Lipinski definition) is 7. The lowest BCUT2D eigenvalue weighted by Crippen LogP contribution is -2.44. The van der Waals surface area contributed by atoms with Crippen molar-refractivity contribution in [2.75, 3.05) is 23.3 Å². The van der Waals surface area contributed by atoms with Gasteiger partial charge in [0.1, 0.15) is 17.2 Å². The van der Waals surface area contributed by atoms with Crippen molar-refractivity contribution in [3.63, 3.8) is 0 Å². The van der Waals surface area contributed by atoms with Gasteiger partial charge in [-0.3, -0.25) is 0 Å². The SMILES string of the molecule is Cc1cc(C#N)cc(N(C(=O)OC(C)(C)C)c2cc(NC3CCCN(C(=O)O)C3)nc3c(C4CCC4)cnn23)c1. The predicted molar refractivity (Wildman–Crippen MR) is 150 cm³/mol. The predicted octanol–water partition coefficient (Wildman–Crippen LogP) is 5.80.